The van der Waals surface area contributed by atoms with E-state index in [1.807, 2.05) is 18.2 Å². The molecule has 1 aromatic carbocycles. The van der Waals surface area contributed by atoms with E-state index in [4.69, 9.17) is 11.5 Å². The molecule has 0 saturated carbocycles. The van der Waals surface area contributed by atoms with Crippen molar-refractivity contribution in [2.24, 2.45) is 0 Å². The van der Waals surface area contributed by atoms with Gasteiger partial charge in [-0.2, -0.15) is 0 Å². The summed E-state index contributed by atoms with van der Waals surface area (Å²) in [5.74, 6) is 0. The van der Waals surface area contributed by atoms with Crippen molar-refractivity contribution in [1.29, 1.82) is 0 Å². The van der Waals surface area contributed by atoms with E-state index in [0.717, 1.165) is 28.1 Å². The van der Waals surface area contributed by atoms with Crippen LogP contribution in [0.3, 0.4) is 0 Å². The van der Waals surface area contributed by atoms with Gasteiger partial charge in [-0.05, 0) is 36.1 Å². The van der Waals surface area contributed by atoms with E-state index in [-0.39, 0.29) is 0 Å². The van der Waals surface area contributed by atoms with Crippen LogP contribution in [0.1, 0.15) is 22.4 Å². The lowest BCUT2D eigenvalue weighted by Crippen LogP contribution is -2.22. The SMILES string of the molecule is Nc1ccc2c(c1)CCC2(O)c1cnc(N)s1. The van der Waals surface area contributed by atoms with Gasteiger partial charge in [-0.15, -0.1) is 0 Å². The smallest absolute Gasteiger partial charge is 0.180 e. The van der Waals surface area contributed by atoms with Crippen LogP contribution in [0.25, 0.3) is 0 Å². The van der Waals surface area contributed by atoms with Gasteiger partial charge in [0.1, 0.15) is 5.60 Å². The number of hydrogen-bond acceptors (Lipinski definition) is 5. The third-order valence-corrected chi connectivity index (χ3v) is 4.24. The molecule has 1 aromatic heterocycles. The fraction of sp³-hybridized carbons (Fsp3) is 0.250. The molecule has 0 radical (unpaired) electrons. The summed E-state index contributed by atoms with van der Waals surface area (Å²) in [4.78, 5) is 4.81. The largest absolute Gasteiger partial charge is 0.399 e. The zero-order valence-electron chi connectivity index (χ0n) is 9.18. The highest BCUT2D eigenvalue weighted by Gasteiger charge is 2.39. The summed E-state index contributed by atoms with van der Waals surface area (Å²) in [6, 6.07) is 5.64. The fourth-order valence-electron chi connectivity index (χ4n) is 2.41. The second-order valence-corrected chi connectivity index (χ2v) is 5.40. The average molecular weight is 247 g/mol. The molecular formula is C12H13N3OS. The summed E-state index contributed by atoms with van der Waals surface area (Å²) in [6.07, 6.45) is 3.15. The van der Waals surface area contributed by atoms with Crippen molar-refractivity contribution in [3.63, 3.8) is 0 Å². The zero-order valence-corrected chi connectivity index (χ0v) is 10.00. The molecule has 1 heterocycles. The maximum Gasteiger partial charge on any atom is 0.180 e. The zero-order chi connectivity index (χ0) is 12.0. The van der Waals surface area contributed by atoms with Crippen molar-refractivity contribution < 1.29 is 5.11 Å². The molecule has 5 heteroatoms. The van der Waals surface area contributed by atoms with Crippen LogP contribution in [0.15, 0.2) is 24.4 Å². The quantitative estimate of drug-likeness (QED) is 0.666. The van der Waals surface area contributed by atoms with Gasteiger partial charge in [0, 0.05) is 11.9 Å². The van der Waals surface area contributed by atoms with E-state index in [9.17, 15) is 5.11 Å². The van der Waals surface area contributed by atoms with Gasteiger partial charge in [-0.25, -0.2) is 4.98 Å². The van der Waals surface area contributed by atoms with Crippen molar-refractivity contribution in [3.8, 4) is 0 Å². The first-order chi connectivity index (χ1) is 8.09. The highest BCUT2D eigenvalue weighted by molar-refractivity contribution is 7.15. The van der Waals surface area contributed by atoms with Gasteiger partial charge in [0.25, 0.3) is 0 Å². The Morgan fingerprint density at radius 2 is 2.18 bits per heavy atom. The Hall–Kier alpha value is -1.59. The van der Waals surface area contributed by atoms with Gasteiger partial charge in [0.05, 0.1) is 4.88 Å². The second kappa shape index (κ2) is 3.45. The number of rotatable bonds is 1. The second-order valence-electron chi connectivity index (χ2n) is 4.34. The number of nitrogen functional groups attached to an aromatic ring is 2. The number of aromatic nitrogens is 1. The number of aliphatic hydroxyl groups is 1. The standard InChI is InChI=1S/C12H13N3OS/c13-8-1-2-9-7(5-8)3-4-12(9,16)10-6-15-11(14)17-10/h1-2,5-6,16H,3-4,13H2,(H2,14,15). The molecule has 4 nitrogen and oxygen atoms in total. The van der Waals surface area contributed by atoms with Crippen LogP contribution in [0.5, 0.6) is 0 Å². The van der Waals surface area contributed by atoms with Crippen molar-refractivity contribution in [2.45, 2.75) is 18.4 Å². The summed E-state index contributed by atoms with van der Waals surface area (Å²) < 4.78 is 0. The maximum absolute atomic E-state index is 10.8. The van der Waals surface area contributed by atoms with Crippen molar-refractivity contribution in [1.82, 2.24) is 4.98 Å². The molecule has 0 amide bonds. The van der Waals surface area contributed by atoms with E-state index < -0.39 is 5.60 Å². The molecule has 3 rings (SSSR count). The summed E-state index contributed by atoms with van der Waals surface area (Å²) >= 11 is 1.34. The van der Waals surface area contributed by atoms with Gasteiger partial charge in [-0.1, -0.05) is 17.4 Å². The number of benzene rings is 1. The number of nitrogens with two attached hydrogens (primary N) is 2. The maximum atomic E-state index is 10.8. The Bertz CT molecular complexity index is 581. The summed E-state index contributed by atoms with van der Waals surface area (Å²) in [7, 11) is 0. The molecular weight excluding hydrogens is 234 g/mol. The minimum atomic E-state index is -0.946. The molecule has 1 atom stereocenters. The average Bonchev–Trinajstić information content (AvgIpc) is 2.85. The molecule has 2 aromatic rings. The fourth-order valence-corrected chi connectivity index (χ4v) is 3.23. The molecule has 1 unspecified atom stereocenters. The minimum absolute atomic E-state index is 0.484. The van der Waals surface area contributed by atoms with Crippen LogP contribution in [-0.4, -0.2) is 10.1 Å². The van der Waals surface area contributed by atoms with Gasteiger partial charge < -0.3 is 16.6 Å². The normalized spacial score (nSPS) is 22.6. The van der Waals surface area contributed by atoms with Crippen LogP contribution in [-0.2, 0) is 12.0 Å². The van der Waals surface area contributed by atoms with Crippen LogP contribution in [0, 0.1) is 0 Å². The third kappa shape index (κ3) is 1.50. The number of fused-ring (bicyclic) bond motifs is 1. The predicted octanol–water partition coefficient (Wildman–Crippen LogP) is 1.49. The van der Waals surface area contributed by atoms with Crippen molar-refractivity contribution in [3.05, 3.63) is 40.4 Å². The van der Waals surface area contributed by atoms with Gasteiger partial charge in [0.2, 0.25) is 0 Å². The molecule has 1 aliphatic carbocycles. The lowest BCUT2D eigenvalue weighted by molar-refractivity contribution is 0.0866. The van der Waals surface area contributed by atoms with Crippen molar-refractivity contribution in [2.75, 3.05) is 11.5 Å². The van der Waals surface area contributed by atoms with E-state index >= 15 is 0 Å². The first kappa shape index (κ1) is 10.6. The number of nitrogens with zero attached hydrogens (tertiary/aromatic N) is 1. The monoisotopic (exact) mass is 247 g/mol. The summed E-state index contributed by atoms with van der Waals surface area (Å²) in [6.45, 7) is 0. The first-order valence-corrected chi connectivity index (χ1v) is 6.24. The molecule has 0 fully saturated rings. The number of aryl methyl sites for hydroxylation is 1. The highest BCUT2D eigenvalue weighted by Crippen LogP contribution is 2.44. The lowest BCUT2D eigenvalue weighted by atomic mass is 9.94. The van der Waals surface area contributed by atoms with E-state index in [2.05, 4.69) is 4.98 Å². The Kier molecular flexibility index (Phi) is 2.14. The van der Waals surface area contributed by atoms with Gasteiger partial charge in [0.15, 0.2) is 5.13 Å². The molecule has 5 N–H and O–H groups in total. The van der Waals surface area contributed by atoms with Crippen LogP contribution >= 0.6 is 11.3 Å². The Labute approximate surface area is 103 Å². The minimum Gasteiger partial charge on any atom is -0.399 e. The molecule has 17 heavy (non-hydrogen) atoms. The predicted molar refractivity (Wildman–Crippen MR) is 68.7 cm³/mol. The highest BCUT2D eigenvalue weighted by atomic mass is 32.1. The molecule has 0 spiro atoms. The molecule has 0 aliphatic heterocycles. The summed E-state index contributed by atoms with van der Waals surface area (Å²) in [5.41, 5.74) is 13.2. The van der Waals surface area contributed by atoms with E-state index in [0.29, 0.717) is 11.6 Å². The van der Waals surface area contributed by atoms with Gasteiger partial charge >= 0.3 is 0 Å². The Morgan fingerprint density at radius 1 is 1.35 bits per heavy atom. The molecule has 0 saturated heterocycles. The topological polar surface area (TPSA) is 85.2 Å². The molecule has 0 bridgehead atoms. The lowest BCUT2D eigenvalue weighted by Gasteiger charge is -2.22. The Morgan fingerprint density at radius 3 is 2.88 bits per heavy atom. The van der Waals surface area contributed by atoms with Gasteiger partial charge in [-0.3, -0.25) is 0 Å². The number of hydrogen-bond donors (Lipinski definition) is 3. The number of anilines is 2. The van der Waals surface area contributed by atoms with Crippen LogP contribution in [0.4, 0.5) is 10.8 Å². The number of thiazole rings is 1. The van der Waals surface area contributed by atoms with E-state index in [1.165, 1.54) is 11.3 Å². The van der Waals surface area contributed by atoms with Crippen LogP contribution in [0.2, 0.25) is 0 Å². The first-order valence-electron chi connectivity index (χ1n) is 5.42. The molecule has 88 valence electrons. The Balaban J connectivity index is 2.13. The summed E-state index contributed by atoms with van der Waals surface area (Å²) in [5, 5.41) is 11.3. The van der Waals surface area contributed by atoms with Crippen molar-refractivity contribution >= 4 is 22.2 Å². The molecule has 1 aliphatic rings. The third-order valence-electron chi connectivity index (χ3n) is 3.26. The van der Waals surface area contributed by atoms with Crippen LogP contribution < -0.4 is 11.5 Å². The van der Waals surface area contributed by atoms with E-state index in [1.54, 1.807) is 6.20 Å².